The zero-order chi connectivity index (χ0) is 13.9. The topological polar surface area (TPSA) is 45.0 Å². The lowest BCUT2D eigenvalue weighted by Crippen LogP contribution is -2.37. The van der Waals surface area contributed by atoms with Gasteiger partial charge in [0.25, 0.3) is 0 Å². The lowest BCUT2D eigenvalue weighted by atomic mass is 10.1. The Morgan fingerprint density at radius 1 is 1.42 bits per heavy atom. The first-order valence-corrected chi connectivity index (χ1v) is 5.92. The molecule has 102 valence electrons. The van der Waals surface area contributed by atoms with Gasteiger partial charge in [-0.25, -0.2) is 0 Å². The predicted octanol–water partition coefficient (Wildman–Crippen LogP) is 2.28. The van der Waals surface area contributed by atoms with E-state index in [4.69, 9.17) is 10.00 Å². The number of benzene rings is 1. The number of hydrogen-bond donors (Lipinski definition) is 1. The van der Waals surface area contributed by atoms with Crippen LogP contribution >= 0.6 is 0 Å². The molecule has 0 saturated carbocycles. The Hall–Kier alpha value is -1.74. The monoisotopic (exact) mass is 270 g/mol. The average molecular weight is 270 g/mol. The average Bonchev–Trinajstić information content (AvgIpc) is 2.75. The number of alkyl halides is 3. The Balaban J connectivity index is 1.78. The third kappa shape index (κ3) is 3.38. The normalized spacial score (nSPS) is 19.4. The molecule has 0 aliphatic carbocycles. The van der Waals surface area contributed by atoms with E-state index in [2.05, 4.69) is 5.32 Å². The first-order chi connectivity index (χ1) is 9.00. The Bertz CT molecular complexity index is 457. The van der Waals surface area contributed by atoms with E-state index in [0.29, 0.717) is 13.0 Å². The van der Waals surface area contributed by atoms with Crippen molar-refractivity contribution in [2.45, 2.75) is 18.7 Å². The van der Waals surface area contributed by atoms with Crippen molar-refractivity contribution in [3.63, 3.8) is 0 Å². The van der Waals surface area contributed by atoms with Crippen LogP contribution in [0.2, 0.25) is 0 Å². The van der Waals surface area contributed by atoms with E-state index in [1.807, 2.05) is 24.3 Å². The van der Waals surface area contributed by atoms with E-state index >= 15 is 0 Å². The lowest BCUT2D eigenvalue weighted by Gasteiger charge is -2.16. The van der Waals surface area contributed by atoms with Crippen LogP contribution in [0.25, 0.3) is 0 Å². The minimum atomic E-state index is -4.48. The molecule has 1 N–H and O–H groups in total. The quantitative estimate of drug-likeness (QED) is 0.913. The molecule has 6 heteroatoms. The summed E-state index contributed by atoms with van der Waals surface area (Å²) in [7, 11) is 0. The van der Waals surface area contributed by atoms with Gasteiger partial charge in [0.15, 0.2) is 5.92 Å². The molecule has 1 aliphatic heterocycles. The molecular weight excluding hydrogens is 257 g/mol. The summed E-state index contributed by atoms with van der Waals surface area (Å²) in [6.07, 6.45) is -3.99. The van der Waals surface area contributed by atoms with Gasteiger partial charge in [-0.1, -0.05) is 18.2 Å². The number of ether oxygens (including phenoxy) is 1. The van der Waals surface area contributed by atoms with Crippen molar-refractivity contribution in [3.05, 3.63) is 29.8 Å². The summed E-state index contributed by atoms with van der Waals surface area (Å²) in [6.45, 7) is -0.112. The second-order valence-electron chi connectivity index (χ2n) is 4.43. The van der Waals surface area contributed by atoms with Crippen molar-refractivity contribution in [2.24, 2.45) is 5.92 Å². The maximum atomic E-state index is 12.3. The van der Waals surface area contributed by atoms with E-state index < -0.39 is 18.6 Å². The van der Waals surface area contributed by atoms with Crippen LogP contribution in [0.1, 0.15) is 5.56 Å². The van der Waals surface area contributed by atoms with Crippen molar-refractivity contribution in [2.75, 3.05) is 13.1 Å². The van der Waals surface area contributed by atoms with Gasteiger partial charge in [0, 0.05) is 19.5 Å². The molecule has 2 unspecified atom stereocenters. The fourth-order valence-electron chi connectivity index (χ4n) is 1.99. The largest absolute Gasteiger partial charge is 0.488 e. The van der Waals surface area contributed by atoms with Gasteiger partial charge in [-0.2, -0.15) is 18.4 Å². The molecule has 0 bridgehead atoms. The van der Waals surface area contributed by atoms with Crippen LogP contribution in [0.15, 0.2) is 24.3 Å². The van der Waals surface area contributed by atoms with Crippen LogP contribution in [0.5, 0.6) is 5.75 Å². The molecule has 1 aromatic rings. The van der Waals surface area contributed by atoms with Crippen LogP contribution in [-0.4, -0.2) is 25.4 Å². The molecule has 2 atom stereocenters. The lowest BCUT2D eigenvalue weighted by molar-refractivity contribution is -0.157. The van der Waals surface area contributed by atoms with Gasteiger partial charge >= 0.3 is 6.18 Å². The Morgan fingerprint density at radius 3 is 2.79 bits per heavy atom. The van der Waals surface area contributed by atoms with Gasteiger partial charge in [-0.3, -0.25) is 0 Å². The fraction of sp³-hybridized carbons (Fsp3) is 0.462. The van der Waals surface area contributed by atoms with E-state index in [1.165, 1.54) is 6.07 Å². The molecule has 0 radical (unpaired) electrons. The Kier molecular flexibility index (Phi) is 3.96. The number of nitrogens with zero attached hydrogens (tertiary/aromatic N) is 1. The van der Waals surface area contributed by atoms with E-state index in [0.717, 1.165) is 11.3 Å². The number of rotatable bonds is 4. The number of nitriles is 1. The molecule has 3 nitrogen and oxygen atoms in total. The number of hydrogen-bond acceptors (Lipinski definition) is 3. The molecule has 0 fully saturated rings. The second kappa shape index (κ2) is 5.49. The molecule has 1 aromatic carbocycles. The van der Waals surface area contributed by atoms with Gasteiger partial charge < -0.3 is 10.1 Å². The highest BCUT2D eigenvalue weighted by molar-refractivity contribution is 5.37. The zero-order valence-corrected chi connectivity index (χ0v) is 10.1. The summed E-state index contributed by atoms with van der Waals surface area (Å²) in [5.41, 5.74) is 1.06. The molecule has 0 saturated heterocycles. The summed E-state index contributed by atoms with van der Waals surface area (Å²) in [4.78, 5) is 0. The van der Waals surface area contributed by atoms with Gasteiger partial charge in [0.05, 0.1) is 6.07 Å². The molecule has 0 spiro atoms. The Labute approximate surface area is 109 Å². The summed E-state index contributed by atoms with van der Waals surface area (Å²) in [5, 5.41) is 11.1. The first kappa shape index (κ1) is 13.7. The molecular formula is C13H13F3N2O. The Morgan fingerprint density at radius 2 is 2.16 bits per heavy atom. The van der Waals surface area contributed by atoms with Gasteiger partial charge in [-0.05, 0) is 11.6 Å². The summed E-state index contributed by atoms with van der Waals surface area (Å²) in [6, 6.07) is 8.77. The highest BCUT2D eigenvalue weighted by Gasteiger charge is 2.39. The fourth-order valence-corrected chi connectivity index (χ4v) is 1.99. The first-order valence-electron chi connectivity index (χ1n) is 5.92. The summed E-state index contributed by atoms with van der Waals surface area (Å²) < 4.78 is 42.6. The number of para-hydroxylation sites is 1. The number of fused-ring (bicyclic) bond motifs is 1. The third-order valence-corrected chi connectivity index (χ3v) is 2.99. The van der Waals surface area contributed by atoms with Crippen molar-refractivity contribution in [1.82, 2.24) is 5.32 Å². The molecule has 2 rings (SSSR count). The smallest absolute Gasteiger partial charge is 0.405 e. The zero-order valence-electron chi connectivity index (χ0n) is 10.1. The highest BCUT2D eigenvalue weighted by atomic mass is 19.4. The van der Waals surface area contributed by atoms with E-state index in [1.54, 1.807) is 0 Å². The van der Waals surface area contributed by atoms with Crippen molar-refractivity contribution < 1.29 is 17.9 Å². The molecule has 1 heterocycles. The minimum Gasteiger partial charge on any atom is -0.488 e. The molecule has 0 amide bonds. The van der Waals surface area contributed by atoms with Gasteiger partial charge in [-0.15, -0.1) is 0 Å². The van der Waals surface area contributed by atoms with Crippen LogP contribution in [0.3, 0.4) is 0 Å². The standard InChI is InChI=1S/C13H13F3N2O/c14-13(15,16)10(6-17)7-18-8-11-5-9-3-1-2-4-12(9)19-11/h1-4,10-11,18H,5,7-8H2. The third-order valence-electron chi connectivity index (χ3n) is 2.99. The van der Waals surface area contributed by atoms with Crippen molar-refractivity contribution in [3.8, 4) is 11.8 Å². The van der Waals surface area contributed by atoms with Crippen molar-refractivity contribution >= 4 is 0 Å². The van der Waals surface area contributed by atoms with Crippen LogP contribution < -0.4 is 10.1 Å². The van der Waals surface area contributed by atoms with Crippen LogP contribution in [-0.2, 0) is 6.42 Å². The maximum Gasteiger partial charge on any atom is 0.405 e. The van der Waals surface area contributed by atoms with Gasteiger partial charge in [0.2, 0.25) is 0 Å². The maximum absolute atomic E-state index is 12.3. The van der Waals surface area contributed by atoms with E-state index in [9.17, 15) is 13.2 Å². The van der Waals surface area contributed by atoms with E-state index in [-0.39, 0.29) is 6.10 Å². The summed E-state index contributed by atoms with van der Waals surface area (Å²) in [5.74, 6) is -1.20. The van der Waals surface area contributed by atoms with Crippen LogP contribution in [0, 0.1) is 17.2 Å². The molecule has 0 aromatic heterocycles. The second-order valence-corrected chi connectivity index (χ2v) is 4.43. The number of halogens is 3. The van der Waals surface area contributed by atoms with Gasteiger partial charge in [0.1, 0.15) is 11.9 Å². The minimum absolute atomic E-state index is 0.176. The molecule has 1 aliphatic rings. The summed E-state index contributed by atoms with van der Waals surface area (Å²) >= 11 is 0. The predicted molar refractivity (Wildman–Crippen MR) is 62.6 cm³/mol. The molecule has 19 heavy (non-hydrogen) atoms. The van der Waals surface area contributed by atoms with Crippen molar-refractivity contribution in [1.29, 1.82) is 5.26 Å². The van der Waals surface area contributed by atoms with Crippen LogP contribution in [0.4, 0.5) is 13.2 Å². The SMILES string of the molecule is N#CC(CNCC1Cc2ccccc2O1)C(F)(F)F. The number of nitrogens with one attached hydrogen (secondary N) is 1. The highest BCUT2D eigenvalue weighted by Crippen LogP contribution is 2.28.